The SMILES string of the molecule is Cc1cccc(CNC(=O)[C@H](C2CCCC2)N2CCN(C(=O)c3ccc(Cl)cc3Cl)CC2)c1. The van der Waals surface area contributed by atoms with Crippen molar-refractivity contribution < 1.29 is 9.59 Å². The van der Waals surface area contributed by atoms with Gasteiger partial charge in [-0.2, -0.15) is 0 Å². The van der Waals surface area contributed by atoms with Gasteiger partial charge in [0.25, 0.3) is 5.91 Å². The zero-order valence-electron chi connectivity index (χ0n) is 19.0. The van der Waals surface area contributed by atoms with Crippen LogP contribution in [-0.4, -0.2) is 53.8 Å². The zero-order valence-corrected chi connectivity index (χ0v) is 20.5. The van der Waals surface area contributed by atoms with E-state index in [9.17, 15) is 9.59 Å². The predicted molar refractivity (Wildman–Crippen MR) is 133 cm³/mol. The Balaban J connectivity index is 1.40. The first-order chi connectivity index (χ1) is 15.9. The molecule has 1 aliphatic heterocycles. The van der Waals surface area contributed by atoms with Gasteiger partial charge in [-0.3, -0.25) is 14.5 Å². The average molecular weight is 488 g/mol. The van der Waals surface area contributed by atoms with Gasteiger partial charge in [0, 0.05) is 37.7 Å². The Bertz CT molecular complexity index is 999. The van der Waals surface area contributed by atoms with Crippen LogP contribution in [0.4, 0.5) is 0 Å². The van der Waals surface area contributed by atoms with Crippen molar-refractivity contribution in [2.75, 3.05) is 26.2 Å². The van der Waals surface area contributed by atoms with Crippen molar-refractivity contribution in [2.24, 2.45) is 5.92 Å². The van der Waals surface area contributed by atoms with Gasteiger partial charge >= 0.3 is 0 Å². The second-order valence-electron chi connectivity index (χ2n) is 9.15. The number of piperazine rings is 1. The molecule has 2 fully saturated rings. The molecule has 0 spiro atoms. The molecule has 0 aromatic heterocycles. The molecule has 2 amide bonds. The first-order valence-electron chi connectivity index (χ1n) is 11.7. The summed E-state index contributed by atoms with van der Waals surface area (Å²) in [5.41, 5.74) is 2.78. The number of nitrogens with one attached hydrogen (secondary N) is 1. The molecular weight excluding hydrogens is 457 g/mol. The number of carbonyl (C=O) groups excluding carboxylic acids is 2. The highest BCUT2D eigenvalue weighted by molar-refractivity contribution is 6.36. The fourth-order valence-corrected chi connectivity index (χ4v) is 5.59. The third-order valence-corrected chi connectivity index (χ3v) is 7.37. The summed E-state index contributed by atoms with van der Waals surface area (Å²) in [4.78, 5) is 30.4. The molecule has 0 unspecified atom stereocenters. The van der Waals surface area contributed by atoms with Crippen LogP contribution in [0.1, 0.15) is 47.2 Å². The van der Waals surface area contributed by atoms with Crippen molar-refractivity contribution in [3.8, 4) is 0 Å². The summed E-state index contributed by atoms with van der Waals surface area (Å²) in [6.45, 7) is 5.10. The minimum Gasteiger partial charge on any atom is -0.351 e. The minimum atomic E-state index is -0.145. The standard InChI is InChI=1S/C26H31Cl2N3O2/c1-18-5-4-6-19(15-18)17-29-25(32)24(20-7-2-3-8-20)30-11-13-31(14-12-30)26(33)22-10-9-21(27)16-23(22)28/h4-6,9-10,15-16,20,24H,2-3,7-8,11-14,17H2,1H3,(H,29,32)/t24-/m0/s1. The van der Waals surface area contributed by atoms with Crippen LogP contribution in [0.3, 0.4) is 0 Å². The van der Waals surface area contributed by atoms with E-state index in [4.69, 9.17) is 23.2 Å². The van der Waals surface area contributed by atoms with Gasteiger partial charge in [-0.05, 0) is 49.4 Å². The molecule has 1 saturated carbocycles. The molecule has 1 aliphatic carbocycles. The molecule has 1 saturated heterocycles. The monoisotopic (exact) mass is 487 g/mol. The third-order valence-electron chi connectivity index (χ3n) is 6.82. The molecule has 4 rings (SSSR count). The molecule has 0 radical (unpaired) electrons. The van der Waals surface area contributed by atoms with Crippen LogP contribution < -0.4 is 5.32 Å². The number of aryl methyl sites for hydroxylation is 1. The van der Waals surface area contributed by atoms with E-state index in [1.54, 1.807) is 18.2 Å². The Kier molecular flexibility index (Phi) is 7.94. The van der Waals surface area contributed by atoms with Crippen molar-refractivity contribution in [1.29, 1.82) is 0 Å². The smallest absolute Gasteiger partial charge is 0.255 e. The van der Waals surface area contributed by atoms with Crippen LogP contribution in [0.15, 0.2) is 42.5 Å². The number of halogens is 2. The molecular formula is C26H31Cl2N3O2. The number of carbonyl (C=O) groups is 2. The van der Waals surface area contributed by atoms with Gasteiger partial charge in [0.1, 0.15) is 0 Å². The van der Waals surface area contributed by atoms with Crippen LogP contribution >= 0.6 is 23.2 Å². The van der Waals surface area contributed by atoms with Crippen molar-refractivity contribution in [2.45, 2.75) is 45.2 Å². The van der Waals surface area contributed by atoms with Crippen LogP contribution in [-0.2, 0) is 11.3 Å². The van der Waals surface area contributed by atoms with Gasteiger partial charge in [0.15, 0.2) is 0 Å². The molecule has 2 aromatic carbocycles. The van der Waals surface area contributed by atoms with Crippen LogP contribution in [0.25, 0.3) is 0 Å². The van der Waals surface area contributed by atoms with E-state index < -0.39 is 0 Å². The summed E-state index contributed by atoms with van der Waals surface area (Å²) in [5, 5.41) is 4.06. The lowest BCUT2D eigenvalue weighted by Gasteiger charge is -2.40. The maximum Gasteiger partial charge on any atom is 0.255 e. The second-order valence-corrected chi connectivity index (χ2v) is 9.99. The summed E-state index contributed by atoms with van der Waals surface area (Å²) in [5.74, 6) is 0.386. The van der Waals surface area contributed by atoms with Gasteiger partial charge in [-0.25, -0.2) is 0 Å². The van der Waals surface area contributed by atoms with Gasteiger partial charge in [-0.1, -0.05) is 65.9 Å². The predicted octanol–water partition coefficient (Wildman–Crippen LogP) is 4.93. The number of rotatable bonds is 6. The van der Waals surface area contributed by atoms with Crippen molar-refractivity contribution in [3.63, 3.8) is 0 Å². The first kappa shape index (κ1) is 24.1. The molecule has 1 atom stereocenters. The quantitative estimate of drug-likeness (QED) is 0.627. The van der Waals surface area contributed by atoms with Gasteiger partial charge in [-0.15, -0.1) is 0 Å². The van der Waals surface area contributed by atoms with Crippen LogP contribution in [0, 0.1) is 12.8 Å². The summed E-state index contributed by atoms with van der Waals surface area (Å²) in [7, 11) is 0. The Morgan fingerprint density at radius 3 is 2.42 bits per heavy atom. The van der Waals surface area contributed by atoms with E-state index >= 15 is 0 Å². The largest absolute Gasteiger partial charge is 0.351 e. The maximum absolute atomic E-state index is 13.3. The fourth-order valence-electron chi connectivity index (χ4n) is 5.10. The summed E-state index contributed by atoms with van der Waals surface area (Å²) in [6, 6.07) is 13.1. The average Bonchev–Trinajstić information content (AvgIpc) is 3.32. The van der Waals surface area contributed by atoms with E-state index in [1.807, 2.05) is 17.0 Å². The summed E-state index contributed by atoms with van der Waals surface area (Å²) in [6.07, 6.45) is 4.53. The first-order valence-corrected chi connectivity index (χ1v) is 12.5. The highest BCUT2D eigenvalue weighted by Crippen LogP contribution is 2.31. The number of nitrogens with zero attached hydrogens (tertiary/aromatic N) is 2. The molecule has 7 heteroatoms. The Morgan fingerprint density at radius 2 is 1.76 bits per heavy atom. The fraction of sp³-hybridized carbons (Fsp3) is 0.462. The molecule has 0 bridgehead atoms. The van der Waals surface area contributed by atoms with Crippen LogP contribution in [0.5, 0.6) is 0 Å². The number of amides is 2. The lowest BCUT2D eigenvalue weighted by Crippen LogP contribution is -2.57. The number of benzene rings is 2. The lowest BCUT2D eigenvalue weighted by molar-refractivity contribution is -0.129. The van der Waals surface area contributed by atoms with E-state index in [1.165, 1.54) is 18.4 Å². The Hall–Kier alpha value is -2.08. The lowest BCUT2D eigenvalue weighted by atomic mass is 9.94. The molecule has 5 nitrogen and oxygen atoms in total. The molecule has 1 N–H and O–H groups in total. The topological polar surface area (TPSA) is 52.7 Å². The number of hydrogen-bond acceptors (Lipinski definition) is 3. The highest BCUT2D eigenvalue weighted by Gasteiger charge is 2.37. The zero-order chi connectivity index (χ0) is 23.4. The van der Waals surface area contributed by atoms with Crippen molar-refractivity contribution >= 4 is 35.0 Å². The summed E-state index contributed by atoms with van der Waals surface area (Å²) < 4.78 is 0. The molecule has 176 valence electrons. The molecule has 33 heavy (non-hydrogen) atoms. The van der Waals surface area contributed by atoms with E-state index in [-0.39, 0.29) is 17.9 Å². The molecule has 1 heterocycles. The third kappa shape index (κ3) is 5.89. The van der Waals surface area contributed by atoms with Gasteiger partial charge in [0.2, 0.25) is 5.91 Å². The normalized spacial score (nSPS) is 18.3. The van der Waals surface area contributed by atoms with Gasteiger partial charge in [0.05, 0.1) is 16.6 Å². The maximum atomic E-state index is 13.3. The minimum absolute atomic E-state index is 0.0855. The van der Waals surface area contributed by atoms with E-state index in [0.29, 0.717) is 54.3 Å². The van der Waals surface area contributed by atoms with Crippen LogP contribution in [0.2, 0.25) is 10.0 Å². The van der Waals surface area contributed by atoms with Crippen molar-refractivity contribution in [3.05, 3.63) is 69.2 Å². The second kappa shape index (κ2) is 10.9. The number of hydrogen-bond donors (Lipinski definition) is 1. The van der Waals surface area contributed by atoms with E-state index in [2.05, 4.69) is 29.3 Å². The van der Waals surface area contributed by atoms with Gasteiger partial charge < -0.3 is 10.2 Å². The summed E-state index contributed by atoms with van der Waals surface area (Å²) >= 11 is 12.2. The molecule has 2 aliphatic rings. The Morgan fingerprint density at radius 1 is 1.03 bits per heavy atom. The molecule has 2 aromatic rings. The van der Waals surface area contributed by atoms with Crippen molar-refractivity contribution in [1.82, 2.24) is 15.1 Å². The van der Waals surface area contributed by atoms with E-state index in [0.717, 1.165) is 18.4 Å². The Labute approximate surface area is 206 Å². The highest BCUT2D eigenvalue weighted by atomic mass is 35.5.